The molecule has 0 aliphatic carbocycles. The summed E-state index contributed by atoms with van der Waals surface area (Å²) in [6.45, 7) is 1.40. The van der Waals surface area contributed by atoms with E-state index in [-0.39, 0.29) is 0 Å². The van der Waals surface area contributed by atoms with E-state index in [2.05, 4.69) is 17.0 Å². The second kappa shape index (κ2) is 8.94. The number of hydrogen-bond acceptors (Lipinski definition) is 5. The molecule has 0 saturated carbocycles. The highest BCUT2D eigenvalue weighted by Gasteiger charge is 2.09. The Labute approximate surface area is 158 Å². The van der Waals surface area contributed by atoms with Crippen LogP contribution in [-0.2, 0) is 13.1 Å². The predicted molar refractivity (Wildman–Crippen MR) is 102 cm³/mol. The quantitative estimate of drug-likeness (QED) is 0.579. The molecular weight excluding hydrogens is 338 g/mol. The molecule has 0 N–H and O–H groups in total. The molecule has 0 saturated heterocycles. The number of para-hydroxylation sites is 1. The molecule has 0 heterocycles. The predicted octanol–water partition coefficient (Wildman–Crippen LogP) is 4.61. The third kappa shape index (κ3) is 5.01. The zero-order valence-electron chi connectivity index (χ0n) is 14.6. The van der Waals surface area contributed by atoms with E-state index in [4.69, 9.17) is 20.0 Å². The summed E-state index contributed by atoms with van der Waals surface area (Å²) in [5.74, 6) is 1.06. The fourth-order valence-electron chi connectivity index (χ4n) is 2.75. The Hall–Kier alpha value is -3.96. The van der Waals surface area contributed by atoms with Crippen molar-refractivity contribution in [2.45, 2.75) is 13.1 Å². The van der Waals surface area contributed by atoms with Crippen LogP contribution in [0.3, 0.4) is 0 Å². The molecule has 0 fully saturated rings. The maximum atomic E-state index is 8.59. The number of anilines is 1. The first-order chi connectivity index (χ1) is 13.3. The van der Waals surface area contributed by atoms with Crippen molar-refractivity contribution in [1.29, 1.82) is 10.5 Å². The molecule has 27 heavy (non-hydrogen) atoms. The molecule has 5 nitrogen and oxygen atoms in total. The van der Waals surface area contributed by atoms with E-state index in [1.807, 2.05) is 42.5 Å². The lowest BCUT2D eigenvalue weighted by atomic mass is 10.1. The third-order valence-electron chi connectivity index (χ3n) is 4.04. The van der Waals surface area contributed by atoms with Gasteiger partial charge in [-0.15, -0.1) is 10.5 Å². The molecule has 132 valence electrons. The molecule has 0 aromatic heterocycles. The Morgan fingerprint density at radius 1 is 0.630 bits per heavy atom. The topological polar surface area (TPSA) is 69.3 Å². The van der Waals surface area contributed by atoms with Gasteiger partial charge in [0.1, 0.15) is 11.5 Å². The Balaban J connectivity index is 1.79. The van der Waals surface area contributed by atoms with Crippen LogP contribution in [0.2, 0.25) is 0 Å². The van der Waals surface area contributed by atoms with Crippen molar-refractivity contribution in [2.24, 2.45) is 0 Å². The van der Waals surface area contributed by atoms with Crippen LogP contribution in [0, 0.1) is 23.0 Å². The average molecular weight is 355 g/mol. The molecule has 3 aromatic carbocycles. The number of benzene rings is 3. The van der Waals surface area contributed by atoms with E-state index in [9.17, 15) is 0 Å². The minimum atomic E-state index is 0.528. The van der Waals surface area contributed by atoms with E-state index >= 15 is 0 Å². The van der Waals surface area contributed by atoms with E-state index in [1.54, 1.807) is 36.8 Å². The van der Waals surface area contributed by atoms with Crippen molar-refractivity contribution in [3.8, 4) is 24.0 Å². The van der Waals surface area contributed by atoms with Gasteiger partial charge in [-0.1, -0.05) is 42.5 Å². The fourth-order valence-corrected chi connectivity index (χ4v) is 2.75. The largest absolute Gasteiger partial charge is 0.388 e. The zero-order chi connectivity index (χ0) is 18.9. The van der Waals surface area contributed by atoms with Gasteiger partial charge in [-0.3, -0.25) is 0 Å². The average Bonchev–Trinajstić information content (AvgIpc) is 2.71. The highest BCUT2D eigenvalue weighted by molar-refractivity contribution is 5.48. The van der Waals surface area contributed by atoms with Crippen LogP contribution in [0.5, 0.6) is 11.5 Å². The Morgan fingerprint density at radius 2 is 1.07 bits per heavy atom. The van der Waals surface area contributed by atoms with Crippen LogP contribution in [-0.4, -0.2) is 0 Å². The van der Waals surface area contributed by atoms with Gasteiger partial charge < -0.3 is 14.4 Å². The first kappa shape index (κ1) is 17.8. The van der Waals surface area contributed by atoms with Crippen molar-refractivity contribution in [1.82, 2.24) is 0 Å². The molecule has 0 spiro atoms. The maximum Gasteiger partial charge on any atom is 0.292 e. The van der Waals surface area contributed by atoms with Gasteiger partial charge in [-0.05, 0) is 47.5 Å². The first-order valence-corrected chi connectivity index (χ1v) is 8.38. The Morgan fingerprint density at radius 3 is 1.48 bits per heavy atom. The number of nitrogens with zero attached hydrogens (tertiary/aromatic N) is 3. The van der Waals surface area contributed by atoms with Gasteiger partial charge in [0, 0.05) is 18.8 Å². The van der Waals surface area contributed by atoms with Crippen LogP contribution in [0.15, 0.2) is 78.9 Å². The SMILES string of the molecule is N#COc1ccc(CN(Cc2ccc(OC#N)cc2)c2ccccc2)cc1. The minimum absolute atomic E-state index is 0.528. The van der Waals surface area contributed by atoms with Crippen LogP contribution in [0.25, 0.3) is 0 Å². The van der Waals surface area contributed by atoms with Crippen molar-refractivity contribution in [3.05, 3.63) is 90.0 Å². The second-order valence-corrected chi connectivity index (χ2v) is 5.87. The molecular formula is C22H17N3O2. The number of rotatable bonds is 7. The van der Waals surface area contributed by atoms with Crippen molar-refractivity contribution < 1.29 is 9.47 Å². The molecule has 3 rings (SSSR count). The summed E-state index contributed by atoms with van der Waals surface area (Å²) < 4.78 is 9.67. The molecule has 0 aliphatic heterocycles. The van der Waals surface area contributed by atoms with Crippen molar-refractivity contribution >= 4 is 5.69 Å². The summed E-state index contributed by atoms with van der Waals surface area (Å²) in [6.07, 6.45) is 3.35. The lowest BCUT2D eigenvalue weighted by molar-refractivity contribution is 0.507. The fraction of sp³-hybridized carbons (Fsp3) is 0.0909. The number of hydrogen-bond donors (Lipinski definition) is 0. The van der Waals surface area contributed by atoms with Crippen LogP contribution >= 0.6 is 0 Å². The van der Waals surface area contributed by atoms with Gasteiger partial charge in [0.25, 0.3) is 12.5 Å². The third-order valence-corrected chi connectivity index (χ3v) is 4.04. The summed E-state index contributed by atoms with van der Waals surface area (Å²) in [5.41, 5.74) is 3.31. The van der Waals surface area contributed by atoms with E-state index in [0.29, 0.717) is 24.6 Å². The molecule has 0 radical (unpaired) electrons. The van der Waals surface area contributed by atoms with Crippen LogP contribution in [0.1, 0.15) is 11.1 Å². The van der Waals surface area contributed by atoms with Gasteiger partial charge in [-0.2, -0.15) is 0 Å². The Kier molecular flexibility index (Phi) is 5.91. The van der Waals surface area contributed by atoms with Gasteiger partial charge in [0.15, 0.2) is 0 Å². The molecule has 3 aromatic rings. The number of nitriles is 2. The van der Waals surface area contributed by atoms with E-state index in [1.165, 1.54) is 0 Å². The number of ether oxygens (including phenoxy) is 2. The summed E-state index contributed by atoms with van der Waals surface area (Å²) in [6, 6.07) is 25.1. The minimum Gasteiger partial charge on any atom is -0.388 e. The lowest BCUT2D eigenvalue weighted by Gasteiger charge is -2.25. The van der Waals surface area contributed by atoms with Crippen molar-refractivity contribution in [2.75, 3.05) is 4.90 Å². The molecule has 0 bridgehead atoms. The lowest BCUT2D eigenvalue weighted by Crippen LogP contribution is -2.22. The summed E-state index contributed by atoms with van der Waals surface area (Å²) >= 11 is 0. The zero-order valence-corrected chi connectivity index (χ0v) is 14.6. The summed E-state index contributed by atoms with van der Waals surface area (Å²) in [5, 5.41) is 17.2. The van der Waals surface area contributed by atoms with E-state index in [0.717, 1.165) is 16.8 Å². The molecule has 5 heteroatoms. The Bertz CT molecular complexity index is 879. The highest BCUT2D eigenvalue weighted by atomic mass is 16.5. The van der Waals surface area contributed by atoms with Crippen LogP contribution in [0.4, 0.5) is 5.69 Å². The second-order valence-electron chi connectivity index (χ2n) is 5.87. The van der Waals surface area contributed by atoms with Crippen LogP contribution < -0.4 is 14.4 Å². The van der Waals surface area contributed by atoms with Gasteiger partial charge in [0.05, 0.1) is 0 Å². The molecule has 0 atom stereocenters. The van der Waals surface area contributed by atoms with Crippen molar-refractivity contribution in [3.63, 3.8) is 0 Å². The van der Waals surface area contributed by atoms with E-state index < -0.39 is 0 Å². The van der Waals surface area contributed by atoms with Gasteiger partial charge in [-0.25, -0.2) is 0 Å². The van der Waals surface area contributed by atoms with Gasteiger partial charge in [0.2, 0.25) is 0 Å². The molecule has 0 unspecified atom stereocenters. The summed E-state index contributed by atoms with van der Waals surface area (Å²) in [4.78, 5) is 2.25. The normalized spacial score (nSPS) is 9.70. The smallest absolute Gasteiger partial charge is 0.292 e. The maximum absolute atomic E-state index is 8.59. The molecule has 0 aliphatic rings. The monoisotopic (exact) mass is 355 g/mol. The standard InChI is InChI=1S/C22H17N3O2/c23-16-26-21-10-6-18(7-11-21)14-25(20-4-2-1-3-5-20)15-19-8-12-22(13-9-19)27-17-24/h1-13H,14-15H2. The highest BCUT2D eigenvalue weighted by Crippen LogP contribution is 2.22. The summed E-state index contributed by atoms with van der Waals surface area (Å²) in [7, 11) is 0. The van der Waals surface area contributed by atoms with Gasteiger partial charge >= 0.3 is 0 Å². The molecule has 0 amide bonds. The first-order valence-electron chi connectivity index (χ1n) is 8.38.